The zero-order valence-corrected chi connectivity index (χ0v) is 11.4. The van der Waals surface area contributed by atoms with Gasteiger partial charge in [0, 0.05) is 11.1 Å². The number of hydrogen-bond donors (Lipinski definition) is 2. The molecule has 0 unspecified atom stereocenters. The van der Waals surface area contributed by atoms with Crippen molar-refractivity contribution in [3.8, 4) is 0 Å². The average molecular weight is 319 g/mol. The van der Waals surface area contributed by atoms with Gasteiger partial charge in [-0.1, -0.05) is 11.6 Å². The first-order chi connectivity index (χ1) is 7.65. The molecule has 0 aromatic carbocycles. The fraction of sp³-hybridized carbons (Fsp3) is 0.100. The van der Waals surface area contributed by atoms with Crippen molar-refractivity contribution in [2.45, 2.75) is 6.54 Å². The Morgan fingerprint density at radius 1 is 1.50 bits per heavy atom. The Labute approximate surface area is 111 Å². The third-order valence-corrected chi connectivity index (χ3v) is 3.77. The van der Waals surface area contributed by atoms with Crippen LogP contribution in [0.4, 0.5) is 11.5 Å². The number of halogens is 2. The molecule has 84 valence electrons. The van der Waals surface area contributed by atoms with Crippen LogP contribution in [0.5, 0.6) is 0 Å². The largest absolute Gasteiger partial charge is 0.396 e. The SMILES string of the molecule is Nc1cc(Cl)cnc1NCc1ccc(Br)s1. The number of nitrogens with zero attached hydrogens (tertiary/aromatic N) is 1. The molecule has 2 aromatic heterocycles. The number of pyridine rings is 1. The number of thiophene rings is 1. The van der Waals surface area contributed by atoms with Crippen LogP contribution in [0.2, 0.25) is 5.02 Å². The van der Waals surface area contributed by atoms with Gasteiger partial charge in [0.1, 0.15) is 5.82 Å². The summed E-state index contributed by atoms with van der Waals surface area (Å²) in [7, 11) is 0. The second-order valence-corrected chi connectivity index (χ2v) is 6.13. The Hall–Kier alpha value is -0.780. The van der Waals surface area contributed by atoms with Gasteiger partial charge in [-0.05, 0) is 34.1 Å². The number of nitrogens with one attached hydrogen (secondary N) is 1. The van der Waals surface area contributed by atoms with Crippen molar-refractivity contribution in [3.63, 3.8) is 0 Å². The van der Waals surface area contributed by atoms with Crippen LogP contribution in [0.25, 0.3) is 0 Å². The molecule has 0 aliphatic heterocycles. The Kier molecular flexibility index (Phi) is 3.68. The van der Waals surface area contributed by atoms with Gasteiger partial charge in [0.05, 0.1) is 21.0 Å². The first-order valence-corrected chi connectivity index (χ1v) is 6.53. The van der Waals surface area contributed by atoms with E-state index < -0.39 is 0 Å². The lowest BCUT2D eigenvalue weighted by molar-refractivity contribution is 1.14. The third kappa shape index (κ3) is 2.87. The maximum absolute atomic E-state index is 5.78. The van der Waals surface area contributed by atoms with Gasteiger partial charge >= 0.3 is 0 Å². The molecule has 0 fully saturated rings. The van der Waals surface area contributed by atoms with Crippen LogP contribution in [-0.2, 0) is 6.54 Å². The predicted molar refractivity (Wildman–Crippen MR) is 73.0 cm³/mol. The van der Waals surface area contributed by atoms with Crippen LogP contribution in [-0.4, -0.2) is 4.98 Å². The summed E-state index contributed by atoms with van der Waals surface area (Å²) in [5, 5.41) is 3.71. The number of rotatable bonds is 3. The number of hydrogen-bond acceptors (Lipinski definition) is 4. The van der Waals surface area contributed by atoms with Crippen molar-refractivity contribution >= 4 is 50.4 Å². The molecule has 0 aliphatic rings. The zero-order valence-electron chi connectivity index (χ0n) is 8.21. The summed E-state index contributed by atoms with van der Waals surface area (Å²) in [6.07, 6.45) is 1.57. The van der Waals surface area contributed by atoms with Gasteiger partial charge in [-0.15, -0.1) is 11.3 Å². The van der Waals surface area contributed by atoms with E-state index in [0.717, 1.165) is 3.79 Å². The Balaban J connectivity index is 2.04. The summed E-state index contributed by atoms with van der Waals surface area (Å²) in [5.74, 6) is 0.661. The summed E-state index contributed by atoms with van der Waals surface area (Å²) in [4.78, 5) is 5.34. The van der Waals surface area contributed by atoms with E-state index in [1.165, 1.54) is 4.88 Å². The monoisotopic (exact) mass is 317 g/mol. The smallest absolute Gasteiger partial charge is 0.149 e. The Morgan fingerprint density at radius 2 is 2.31 bits per heavy atom. The second-order valence-electron chi connectivity index (χ2n) is 3.15. The molecule has 16 heavy (non-hydrogen) atoms. The molecule has 0 bridgehead atoms. The topological polar surface area (TPSA) is 50.9 Å². The van der Waals surface area contributed by atoms with E-state index in [0.29, 0.717) is 23.1 Å². The summed E-state index contributed by atoms with van der Waals surface area (Å²) in [6, 6.07) is 5.75. The van der Waals surface area contributed by atoms with Crippen LogP contribution >= 0.6 is 38.9 Å². The van der Waals surface area contributed by atoms with Crippen molar-refractivity contribution < 1.29 is 0 Å². The quantitative estimate of drug-likeness (QED) is 0.906. The maximum Gasteiger partial charge on any atom is 0.149 e. The normalized spacial score (nSPS) is 10.4. The highest BCUT2D eigenvalue weighted by atomic mass is 79.9. The molecule has 3 N–H and O–H groups in total. The summed E-state index contributed by atoms with van der Waals surface area (Å²) in [6.45, 7) is 0.703. The Morgan fingerprint density at radius 3 is 2.94 bits per heavy atom. The molecule has 2 heterocycles. The number of nitrogens with two attached hydrogens (primary N) is 1. The zero-order chi connectivity index (χ0) is 11.5. The molecule has 0 aliphatic carbocycles. The van der Waals surface area contributed by atoms with Gasteiger partial charge < -0.3 is 11.1 Å². The van der Waals surface area contributed by atoms with E-state index in [9.17, 15) is 0 Å². The minimum atomic E-state index is 0.543. The van der Waals surface area contributed by atoms with Gasteiger partial charge in [-0.2, -0.15) is 0 Å². The van der Waals surface area contributed by atoms with Crippen molar-refractivity contribution in [1.29, 1.82) is 0 Å². The standard InChI is InChI=1S/C10H9BrClN3S/c11-9-2-1-7(16-9)5-15-10-8(13)3-6(12)4-14-10/h1-4H,5,13H2,(H,14,15). The highest BCUT2D eigenvalue weighted by Crippen LogP contribution is 2.24. The first-order valence-electron chi connectivity index (χ1n) is 4.54. The minimum Gasteiger partial charge on any atom is -0.396 e. The van der Waals surface area contributed by atoms with Crippen molar-refractivity contribution in [2.75, 3.05) is 11.1 Å². The fourth-order valence-corrected chi connectivity index (χ4v) is 2.81. The fourth-order valence-electron chi connectivity index (χ4n) is 1.22. The lowest BCUT2D eigenvalue weighted by Gasteiger charge is -2.06. The molecule has 0 saturated carbocycles. The van der Waals surface area contributed by atoms with E-state index in [4.69, 9.17) is 17.3 Å². The average Bonchev–Trinajstić information content (AvgIpc) is 2.63. The van der Waals surface area contributed by atoms with E-state index in [-0.39, 0.29) is 0 Å². The van der Waals surface area contributed by atoms with Gasteiger partial charge in [0.2, 0.25) is 0 Å². The highest BCUT2D eigenvalue weighted by molar-refractivity contribution is 9.11. The van der Waals surface area contributed by atoms with E-state index in [1.807, 2.05) is 12.1 Å². The molecule has 0 spiro atoms. The van der Waals surface area contributed by atoms with Crippen LogP contribution < -0.4 is 11.1 Å². The van der Waals surface area contributed by atoms with Gasteiger partial charge in [-0.3, -0.25) is 0 Å². The van der Waals surface area contributed by atoms with E-state index in [2.05, 4.69) is 26.2 Å². The van der Waals surface area contributed by atoms with Gasteiger partial charge in [-0.25, -0.2) is 4.98 Å². The summed E-state index contributed by atoms with van der Waals surface area (Å²) < 4.78 is 1.11. The molecule has 6 heteroatoms. The van der Waals surface area contributed by atoms with Gasteiger partial charge in [0.25, 0.3) is 0 Å². The lowest BCUT2D eigenvalue weighted by atomic mass is 10.4. The van der Waals surface area contributed by atoms with Crippen LogP contribution in [0.1, 0.15) is 4.88 Å². The van der Waals surface area contributed by atoms with Crippen molar-refractivity contribution in [3.05, 3.63) is 38.1 Å². The Bertz CT molecular complexity index is 501. The number of aromatic nitrogens is 1. The highest BCUT2D eigenvalue weighted by Gasteiger charge is 2.02. The number of nitrogen functional groups attached to an aromatic ring is 1. The first kappa shape index (κ1) is 11.7. The molecule has 0 amide bonds. The lowest BCUT2D eigenvalue weighted by Crippen LogP contribution is -2.03. The number of anilines is 2. The minimum absolute atomic E-state index is 0.543. The molecule has 3 nitrogen and oxygen atoms in total. The second kappa shape index (κ2) is 5.03. The summed E-state index contributed by atoms with van der Waals surface area (Å²) >= 11 is 10.9. The van der Waals surface area contributed by atoms with Crippen LogP contribution in [0, 0.1) is 0 Å². The third-order valence-electron chi connectivity index (χ3n) is 1.94. The predicted octanol–water partition coefficient (Wildman–Crippen LogP) is 3.75. The molecule has 2 aromatic rings. The van der Waals surface area contributed by atoms with Crippen LogP contribution in [0.15, 0.2) is 28.2 Å². The van der Waals surface area contributed by atoms with Crippen molar-refractivity contribution in [2.24, 2.45) is 0 Å². The van der Waals surface area contributed by atoms with E-state index in [1.54, 1.807) is 23.6 Å². The molecule has 2 rings (SSSR count). The maximum atomic E-state index is 5.78. The summed E-state index contributed by atoms with van der Waals surface area (Å²) in [5.41, 5.74) is 6.33. The molecule has 0 radical (unpaired) electrons. The van der Waals surface area contributed by atoms with Gasteiger partial charge in [0.15, 0.2) is 0 Å². The van der Waals surface area contributed by atoms with Crippen molar-refractivity contribution in [1.82, 2.24) is 4.98 Å². The molecule has 0 saturated heterocycles. The van der Waals surface area contributed by atoms with E-state index >= 15 is 0 Å². The molecular weight excluding hydrogens is 310 g/mol. The molecular formula is C10H9BrClN3S. The molecule has 0 atom stereocenters. The van der Waals surface area contributed by atoms with Crippen LogP contribution in [0.3, 0.4) is 0 Å².